The summed E-state index contributed by atoms with van der Waals surface area (Å²) in [7, 11) is -0.631. The summed E-state index contributed by atoms with van der Waals surface area (Å²) in [6.07, 6.45) is 8.63. The highest BCUT2D eigenvalue weighted by Gasteiger charge is 2.40. The highest BCUT2D eigenvalue weighted by Crippen LogP contribution is 2.41. The molecule has 0 heterocycles. The maximum atomic E-state index is 13.0. The van der Waals surface area contributed by atoms with Crippen LogP contribution in [-0.2, 0) is 10.8 Å². The second-order valence-corrected chi connectivity index (χ2v) is 9.74. The molecule has 1 N–H and O–H groups in total. The summed E-state index contributed by atoms with van der Waals surface area (Å²) in [6.45, 7) is 10.2. The van der Waals surface area contributed by atoms with E-state index in [1.54, 1.807) is 0 Å². The van der Waals surface area contributed by atoms with Crippen molar-refractivity contribution in [3.05, 3.63) is 0 Å². The number of rotatable bonds is 4. The minimum atomic E-state index is -0.631. The van der Waals surface area contributed by atoms with Gasteiger partial charge in [0, 0.05) is 22.1 Å². The standard InChI is InChI=1S/C17H33NOS/c1-5-18-15-11-10-13(17(2,3)4)12-16(15)20(19)14-8-6-7-9-14/h13-16,18H,5-12H2,1-4H3. The maximum Gasteiger partial charge on any atom is 0.0506 e. The zero-order chi connectivity index (χ0) is 14.8. The molecule has 4 atom stereocenters. The minimum absolute atomic E-state index is 0.356. The van der Waals surface area contributed by atoms with Crippen molar-refractivity contribution < 1.29 is 4.21 Å². The van der Waals surface area contributed by atoms with Crippen molar-refractivity contribution in [2.24, 2.45) is 11.3 Å². The van der Waals surface area contributed by atoms with Crippen molar-refractivity contribution >= 4 is 10.8 Å². The third-order valence-electron chi connectivity index (χ3n) is 5.41. The summed E-state index contributed by atoms with van der Waals surface area (Å²) in [5.74, 6) is 0.729. The van der Waals surface area contributed by atoms with Crippen LogP contribution in [0.4, 0.5) is 0 Å². The molecule has 0 spiro atoms. The van der Waals surface area contributed by atoms with Gasteiger partial charge in [-0.15, -0.1) is 0 Å². The molecule has 0 saturated heterocycles. The molecule has 0 aromatic rings. The molecule has 20 heavy (non-hydrogen) atoms. The first-order chi connectivity index (χ1) is 9.43. The van der Waals surface area contributed by atoms with E-state index in [4.69, 9.17) is 0 Å². The Morgan fingerprint density at radius 3 is 2.30 bits per heavy atom. The molecule has 2 aliphatic rings. The first kappa shape index (κ1) is 16.5. The number of hydrogen-bond donors (Lipinski definition) is 1. The molecule has 2 saturated carbocycles. The fourth-order valence-corrected chi connectivity index (χ4v) is 6.31. The summed E-state index contributed by atoms with van der Waals surface area (Å²) in [5.41, 5.74) is 0.356. The molecule has 0 aromatic heterocycles. The lowest BCUT2D eigenvalue weighted by molar-refractivity contribution is 0.164. The van der Waals surface area contributed by atoms with Crippen molar-refractivity contribution in [1.82, 2.24) is 5.32 Å². The zero-order valence-corrected chi connectivity index (χ0v) is 14.6. The normalized spacial score (nSPS) is 34.3. The van der Waals surface area contributed by atoms with Crippen LogP contribution in [0, 0.1) is 11.3 Å². The molecule has 0 amide bonds. The smallest absolute Gasteiger partial charge is 0.0506 e. The maximum absolute atomic E-state index is 13.0. The van der Waals surface area contributed by atoms with Gasteiger partial charge < -0.3 is 5.32 Å². The molecular weight excluding hydrogens is 266 g/mol. The Kier molecular flexibility index (Phi) is 5.70. The van der Waals surface area contributed by atoms with Gasteiger partial charge in [0.25, 0.3) is 0 Å². The molecule has 4 unspecified atom stereocenters. The van der Waals surface area contributed by atoms with Gasteiger partial charge in [-0.3, -0.25) is 4.21 Å². The lowest BCUT2D eigenvalue weighted by Crippen LogP contribution is -2.49. The summed E-state index contributed by atoms with van der Waals surface area (Å²) in [4.78, 5) is 0. The predicted octanol–water partition coefficient (Wildman–Crippen LogP) is 3.87. The Morgan fingerprint density at radius 2 is 1.75 bits per heavy atom. The van der Waals surface area contributed by atoms with Crippen molar-refractivity contribution in [2.75, 3.05) is 6.54 Å². The van der Waals surface area contributed by atoms with E-state index in [2.05, 4.69) is 33.0 Å². The van der Waals surface area contributed by atoms with Gasteiger partial charge in [-0.2, -0.15) is 0 Å². The van der Waals surface area contributed by atoms with Crippen LogP contribution >= 0.6 is 0 Å². The van der Waals surface area contributed by atoms with Crippen molar-refractivity contribution in [3.63, 3.8) is 0 Å². The van der Waals surface area contributed by atoms with Crippen LogP contribution in [-0.4, -0.2) is 27.3 Å². The quantitative estimate of drug-likeness (QED) is 0.854. The van der Waals surface area contributed by atoms with Gasteiger partial charge in [-0.25, -0.2) is 0 Å². The van der Waals surface area contributed by atoms with Gasteiger partial charge in [0.15, 0.2) is 0 Å². The molecule has 2 fully saturated rings. The molecular formula is C17H33NOS. The Labute approximate surface area is 127 Å². The highest BCUT2D eigenvalue weighted by atomic mass is 32.2. The average molecular weight is 300 g/mol. The van der Waals surface area contributed by atoms with Gasteiger partial charge in [-0.1, -0.05) is 40.5 Å². The Balaban J connectivity index is 2.07. The van der Waals surface area contributed by atoms with Crippen molar-refractivity contribution in [1.29, 1.82) is 0 Å². The molecule has 0 radical (unpaired) electrons. The minimum Gasteiger partial charge on any atom is -0.313 e. The van der Waals surface area contributed by atoms with Crippen LogP contribution in [0.5, 0.6) is 0 Å². The monoisotopic (exact) mass is 299 g/mol. The van der Waals surface area contributed by atoms with Gasteiger partial charge in [0.1, 0.15) is 0 Å². The molecule has 2 rings (SSSR count). The van der Waals surface area contributed by atoms with Crippen LogP contribution in [0.3, 0.4) is 0 Å². The van der Waals surface area contributed by atoms with E-state index in [-0.39, 0.29) is 0 Å². The number of nitrogens with one attached hydrogen (secondary N) is 1. The van der Waals surface area contributed by atoms with Gasteiger partial charge >= 0.3 is 0 Å². The van der Waals surface area contributed by atoms with E-state index in [0.29, 0.717) is 22.0 Å². The molecule has 0 aliphatic heterocycles. The van der Waals surface area contributed by atoms with Crippen LogP contribution in [0.25, 0.3) is 0 Å². The van der Waals surface area contributed by atoms with Gasteiger partial charge in [-0.05, 0) is 50.0 Å². The summed E-state index contributed by atoms with van der Waals surface area (Å²) in [6, 6.07) is 0.486. The lowest BCUT2D eigenvalue weighted by Gasteiger charge is -2.42. The predicted molar refractivity (Wildman–Crippen MR) is 88.4 cm³/mol. The first-order valence-electron chi connectivity index (χ1n) is 8.56. The van der Waals surface area contributed by atoms with E-state index >= 15 is 0 Å². The molecule has 2 nitrogen and oxygen atoms in total. The Bertz CT molecular complexity index is 330. The van der Waals surface area contributed by atoms with E-state index in [1.165, 1.54) is 38.5 Å². The van der Waals surface area contributed by atoms with E-state index in [9.17, 15) is 4.21 Å². The Morgan fingerprint density at radius 1 is 1.10 bits per heavy atom. The second kappa shape index (κ2) is 6.91. The molecule has 118 valence electrons. The molecule has 0 bridgehead atoms. The molecule has 0 aromatic carbocycles. The lowest BCUT2D eigenvalue weighted by atomic mass is 9.71. The van der Waals surface area contributed by atoms with Crippen LogP contribution in [0.1, 0.15) is 72.6 Å². The van der Waals surface area contributed by atoms with Crippen LogP contribution < -0.4 is 5.32 Å². The van der Waals surface area contributed by atoms with Crippen LogP contribution in [0.2, 0.25) is 0 Å². The number of hydrogen-bond acceptors (Lipinski definition) is 2. The Hall–Kier alpha value is 0.110. The first-order valence-corrected chi connectivity index (χ1v) is 9.84. The fourth-order valence-electron chi connectivity index (χ4n) is 4.04. The fraction of sp³-hybridized carbons (Fsp3) is 1.00. The third-order valence-corrected chi connectivity index (χ3v) is 7.66. The average Bonchev–Trinajstić information content (AvgIpc) is 2.91. The van der Waals surface area contributed by atoms with Crippen molar-refractivity contribution in [3.8, 4) is 0 Å². The van der Waals surface area contributed by atoms with Crippen molar-refractivity contribution in [2.45, 2.75) is 89.2 Å². The summed E-state index contributed by atoms with van der Waals surface area (Å²) >= 11 is 0. The van der Waals surface area contributed by atoms with E-state index in [0.717, 1.165) is 18.9 Å². The highest BCUT2D eigenvalue weighted by molar-refractivity contribution is 7.86. The third kappa shape index (κ3) is 3.85. The van der Waals surface area contributed by atoms with Crippen LogP contribution in [0.15, 0.2) is 0 Å². The summed E-state index contributed by atoms with van der Waals surface area (Å²) < 4.78 is 13.0. The zero-order valence-electron chi connectivity index (χ0n) is 13.8. The molecule has 2 aliphatic carbocycles. The SMILES string of the molecule is CCNC1CCC(C(C)(C)C)CC1S(=O)C1CCCC1. The summed E-state index contributed by atoms with van der Waals surface area (Å²) in [5, 5.41) is 4.49. The van der Waals surface area contributed by atoms with Gasteiger partial charge in [0.05, 0.1) is 5.25 Å². The van der Waals surface area contributed by atoms with Gasteiger partial charge in [0.2, 0.25) is 0 Å². The van der Waals surface area contributed by atoms with E-state index < -0.39 is 10.8 Å². The molecule has 3 heteroatoms. The second-order valence-electron chi connectivity index (χ2n) is 7.81. The van der Waals surface area contributed by atoms with E-state index in [1.807, 2.05) is 0 Å². The largest absolute Gasteiger partial charge is 0.313 e. The topological polar surface area (TPSA) is 29.1 Å².